The largest absolute Gasteiger partial charge is 0.416 e. The standard InChI is InChI=1S/C36H41F3N4O4/c1-27(44)41-19-21-42(22-20-41)32-16-11-30(12-17-32)26-43(34(45)18-13-28-9-14-31(15-10-28)36(37,38)39)33(25-29-7-5-4-6-8-29)35(46)40(2)23-24-47-3/h4-18,33H,19-26H2,1-3H3. The average molecular weight is 651 g/mol. The molecule has 1 aliphatic rings. The van der Waals surface area contributed by atoms with Crippen molar-refractivity contribution in [2.45, 2.75) is 32.1 Å². The number of carbonyl (C=O) groups excluding carboxylic acids is 3. The number of rotatable bonds is 12. The second-order valence-electron chi connectivity index (χ2n) is 11.5. The van der Waals surface area contributed by atoms with Crippen molar-refractivity contribution < 1.29 is 32.3 Å². The van der Waals surface area contributed by atoms with Gasteiger partial charge in [-0.2, -0.15) is 13.2 Å². The van der Waals surface area contributed by atoms with Gasteiger partial charge in [-0.15, -0.1) is 0 Å². The molecule has 1 aliphatic heterocycles. The number of ether oxygens (including phenoxy) is 1. The Morgan fingerprint density at radius 1 is 0.894 bits per heavy atom. The number of anilines is 1. The number of nitrogens with zero attached hydrogens (tertiary/aromatic N) is 4. The van der Waals surface area contributed by atoms with Gasteiger partial charge in [0.2, 0.25) is 17.7 Å². The van der Waals surface area contributed by atoms with Crippen LogP contribution >= 0.6 is 0 Å². The molecule has 4 rings (SSSR count). The molecule has 0 aromatic heterocycles. The summed E-state index contributed by atoms with van der Waals surface area (Å²) in [7, 11) is 3.22. The molecule has 3 amide bonds. The van der Waals surface area contributed by atoms with E-state index in [1.54, 1.807) is 26.0 Å². The summed E-state index contributed by atoms with van der Waals surface area (Å²) in [5.74, 6) is -0.657. The molecule has 0 bridgehead atoms. The van der Waals surface area contributed by atoms with Crippen molar-refractivity contribution >= 4 is 29.5 Å². The fourth-order valence-corrected chi connectivity index (χ4v) is 5.44. The number of alkyl halides is 3. The summed E-state index contributed by atoms with van der Waals surface area (Å²) in [6.45, 7) is 5.05. The van der Waals surface area contributed by atoms with Gasteiger partial charge >= 0.3 is 6.18 Å². The lowest BCUT2D eigenvalue weighted by molar-refractivity contribution is -0.143. The minimum Gasteiger partial charge on any atom is -0.383 e. The number of likely N-dealkylation sites (N-methyl/N-ethyl adjacent to an activating group) is 1. The van der Waals surface area contributed by atoms with E-state index in [2.05, 4.69) is 4.90 Å². The molecular weight excluding hydrogens is 609 g/mol. The Morgan fingerprint density at radius 3 is 2.11 bits per heavy atom. The molecular formula is C36H41F3N4O4. The van der Waals surface area contributed by atoms with E-state index in [1.807, 2.05) is 59.5 Å². The molecule has 3 aromatic carbocycles. The smallest absolute Gasteiger partial charge is 0.383 e. The van der Waals surface area contributed by atoms with Crippen molar-refractivity contribution in [3.63, 3.8) is 0 Å². The fourth-order valence-electron chi connectivity index (χ4n) is 5.44. The van der Waals surface area contributed by atoms with Crippen LogP contribution in [-0.2, 0) is 38.3 Å². The number of hydrogen-bond acceptors (Lipinski definition) is 5. The maximum atomic E-state index is 13.9. The third-order valence-electron chi connectivity index (χ3n) is 8.26. The predicted molar refractivity (Wildman–Crippen MR) is 175 cm³/mol. The molecule has 8 nitrogen and oxygen atoms in total. The van der Waals surface area contributed by atoms with Crippen LogP contribution in [-0.4, -0.2) is 92.0 Å². The number of benzene rings is 3. The first-order chi connectivity index (χ1) is 22.5. The summed E-state index contributed by atoms with van der Waals surface area (Å²) in [4.78, 5) is 46.7. The van der Waals surface area contributed by atoms with Gasteiger partial charge in [0.1, 0.15) is 6.04 Å². The Hall–Kier alpha value is -4.64. The molecule has 1 saturated heterocycles. The summed E-state index contributed by atoms with van der Waals surface area (Å²) in [6.07, 6.45) is -1.45. The zero-order valence-electron chi connectivity index (χ0n) is 27.0. The first-order valence-electron chi connectivity index (χ1n) is 15.5. The Balaban J connectivity index is 1.63. The zero-order valence-corrected chi connectivity index (χ0v) is 27.0. The number of piperazine rings is 1. The van der Waals surface area contributed by atoms with Gasteiger partial charge in [-0.3, -0.25) is 14.4 Å². The van der Waals surface area contributed by atoms with E-state index in [-0.39, 0.29) is 24.8 Å². The highest BCUT2D eigenvalue weighted by Gasteiger charge is 2.32. The quantitative estimate of drug-likeness (QED) is 0.254. The van der Waals surface area contributed by atoms with E-state index < -0.39 is 23.7 Å². The molecule has 250 valence electrons. The van der Waals surface area contributed by atoms with Crippen LogP contribution < -0.4 is 4.90 Å². The lowest BCUT2D eigenvalue weighted by atomic mass is 10.0. The monoisotopic (exact) mass is 650 g/mol. The van der Waals surface area contributed by atoms with E-state index >= 15 is 0 Å². The van der Waals surface area contributed by atoms with Crippen LogP contribution in [0, 0.1) is 0 Å². The van der Waals surface area contributed by atoms with E-state index in [4.69, 9.17) is 4.74 Å². The van der Waals surface area contributed by atoms with Gasteiger partial charge in [0.15, 0.2) is 0 Å². The van der Waals surface area contributed by atoms with Gasteiger partial charge in [-0.1, -0.05) is 54.6 Å². The molecule has 1 atom stereocenters. The summed E-state index contributed by atoms with van der Waals surface area (Å²) in [6, 6.07) is 20.9. The van der Waals surface area contributed by atoms with Crippen LogP contribution in [0.1, 0.15) is 29.2 Å². The number of halogens is 3. The van der Waals surface area contributed by atoms with Crippen molar-refractivity contribution in [2.24, 2.45) is 0 Å². The van der Waals surface area contributed by atoms with Crippen molar-refractivity contribution in [1.82, 2.24) is 14.7 Å². The molecule has 1 heterocycles. The van der Waals surface area contributed by atoms with E-state index in [1.165, 1.54) is 29.2 Å². The minimum absolute atomic E-state index is 0.0598. The molecule has 0 aliphatic carbocycles. The predicted octanol–water partition coefficient (Wildman–Crippen LogP) is 5.13. The van der Waals surface area contributed by atoms with Crippen LogP contribution in [0.15, 0.2) is 84.9 Å². The van der Waals surface area contributed by atoms with Gasteiger partial charge < -0.3 is 24.3 Å². The SMILES string of the molecule is COCCN(C)C(=O)C(Cc1ccccc1)N(Cc1ccc(N2CCN(C(C)=O)CC2)cc1)C(=O)C=Cc1ccc(C(F)(F)F)cc1. The van der Waals surface area contributed by atoms with Crippen LogP contribution in [0.2, 0.25) is 0 Å². The Bertz CT molecular complexity index is 1500. The molecule has 11 heteroatoms. The third-order valence-corrected chi connectivity index (χ3v) is 8.26. The Morgan fingerprint density at radius 2 is 1.53 bits per heavy atom. The first-order valence-corrected chi connectivity index (χ1v) is 15.5. The van der Waals surface area contributed by atoms with E-state index in [0.29, 0.717) is 44.9 Å². The minimum atomic E-state index is -4.47. The summed E-state index contributed by atoms with van der Waals surface area (Å²) >= 11 is 0. The van der Waals surface area contributed by atoms with Crippen LogP contribution in [0.25, 0.3) is 6.08 Å². The van der Waals surface area contributed by atoms with Crippen LogP contribution in [0.5, 0.6) is 0 Å². The van der Waals surface area contributed by atoms with E-state index in [9.17, 15) is 27.6 Å². The highest BCUT2D eigenvalue weighted by molar-refractivity contribution is 5.95. The van der Waals surface area contributed by atoms with Gasteiger partial charge in [-0.05, 0) is 47.0 Å². The molecule has 3 aromatic rings. The second kappa shape index (κ2) is 16.3. The molecule has 0 radical (unpaired) electrons. The van der Waals surface area contributed by atoms with Crippen LogP contribution in [0.3, 0.4) is 0 Å². The van der Waals surface area contributed by atoms with Gasteiger partial charge in [-0.25, -0.2) is 0 Å². The third kappa shape index (κ3) is 9.92. The average Bonchev–Trinajstić information content (AvgIpc) is 3.08. The van der Waals surface area contributed by atoms with Crippen molar-refractivity contribution in [1.29, 1.82) is 0 Å². The normalized spacial score (nSPS) is 14.3. The molecule has 47 heavy (non-hydrogen) atoms. The Kier molecular flexibility index (Phi) is 12.2. The first kappa shape index (κ1) is 35.2. The summed E-state index contributed by atoms with van der Waals surface area (Å²) in [5, 5.41) is 0. The highest BCUT2D eigenvalue weighted by atomic mass is 19.4. The number of hydrogen-bond donors (Lipinski definition) is 0. The van der Waals surface area contributed by atoms with Gasteiger partial charge in [0, 0.05) is 78.5 Å². The fraction of sp³-hybridized carbons (Fsp3) is 0.361. The molecule has 1 unspecified atom stereocenters. The summed E-state index contributed by atoms with van der Waals surface area (Å²) in [5.41, 5.74) is 2.31. The number of methoxy groups -OCH3 is 1. The van der Waals surface area contributed by atoms with Gasteiger partial charge in [0.25, 0.3) is 0 Å². The topological polar surface area (TPSA) is 73.4 Å². The maximum absolute atomic E-state index is 13.9. The Labute approximate surface area is 274 Å². The molecule has 0 spiro atoms. The van der Waals surface area contributed by atoms with E-state index in [0.717, 1.165) is 28.9 Å². The zero-order chi connectivity index (χ0) is 34.0. The summed E-state index contributed by atoms with van der Waals surface area (Å²) < 4.78 is 44.4. The lowest BCUT2D eigenvalue weighted by Gasteiger charge is -2.36. The van der Waals surface area contributed by atoms with Crippen molar-refractivity contribution in [2.75, 3.05) is 58.4 Å². The lowest BCUT2D eigenvalue weighted by Crippen LogP contribution is -2.51. The molecule has 0 N–H and O–H groups in total. The van der Waals surface area contributed by atoms with Gasteiger partial charge in [0.05, 0.1) is 12.2 Å². The highest BCUT2D eigenvalue weighted by Crippen LogP contribution is 2.29. The second-order valence-corrected chi connectivity index (χ2v) is 11.5. The number of carbonyl (C=O) groups is 3. The molecule has 0 saturated carbocycles. The molecule has 1 fully saturated rings. The number of amides is 3. The maximum Gasteiger partial charge on any atom is 0.416 e. The van der Waals surface area contributed by atoms with Crippen molar-refractivity contribution in [3.05, 3.63) is 107 Å². The van der Waals surface area contributed by atoms with Crippen molar-refractivity contribution in [3.8, 4) is 0 Å². The van der Waals surface area contributed by atoms with Crippen LogP contribution in [0.4, 0.5) is 18.9 Å².